The molecule has 2 aromatic carbocycles. The minimum atomic E-state index is -0.405. The Morgan fingerprint density at radius 1 is 1.12 bits per heavy atom. The van der Waals surface area contributed by atoms with Gasteiger partial charge in [0.05, 0.1) is 21.9 Å². The van der Waals surface area contributed by atoms with E-state index in [0.717, 1.165) is 4.70 Å². The number of esters is 1. The van der Waals surface area contributed by atoms with Crippen molar-refractivity contribution in [2.45, 2.75) is 20.0 Å². The SMILES string of the molecule is CC(C)OC(=O)c1ccc2nc(NC(=O)c3ccc(F)cc3)sc2c1. The van der Waals surface area contributed by atoms with Crippen molar-refractivity contribution < 1.29 is 18.7 Å². The number of halogens is 1. The summed E-state index contributed by atoms with van der Waals surface area (Å²) in [7, 11) is 0. The molecule has 1 aromatic heterocycles. The van der Waals surface area contributed by atoms with Crippen LogP contribution in [0.15, 0.2) is 42.5 Å². The zero-order valence-corrected chi connectivity index (χ0v) is 14.4. The molecule has 3 aromatic rings. The minimum Gasteiger partial charge on any atom is -0.459 e. The molecule has 3 rings (SSSR count). The van der Waals surface area contributed by atoms with E-state index in [9.17, 15) is 14.0 Å². The molecule has 0 fully saturated rings. The van der Waals surface area contributed by atoms with Crippen molar-refractivity contribution in [3.8, 4) is 0 Å². The van der Waals surface area contributed by atoms with Gasteiger partial charge in [-0.05, 0) is 56.3 Å². The number of anilines is 1. The van der Waals surface area contributed by atoms with Gasteiger partial charge in [-0.2, -0.15) is 0 Å². The van der Waals surface area contributed by atoms with Crippen LogP contribution in [0.3, 0.4) is 0 Å². The number of thiazole rings is 1. The highest BCUT2D eigenvalue weighted by molar-refractivity contribution is 7.22. The molecule has 1 amide bonds. The first-order valence-corrected chi connectivity index (χ1v) is 8.42. The molecule has 128 valence electrons. The number of amides is 1. The van der Waals surface area contributed by atoms with Gasteiger partial charge in [0, 0.05) is 5.56 Å². The molecule has 0 saturated heterocycles. The molecule has 0 bridgehead atoms. The first kappa shape index (κ1) is 17.0. The largest absolute Gasteiger partial charge is 0.459 e. The van der Waals surface area contributed by atoms with Crippen molar-refractivity contribution in [1.82, 2.24) is 4.98 Å². The Morgan fingerprint density at radius 2 is 1.80 bits per heavy atom. The van der Waals surface area contributed by atoms with E-state index in [4.69, 9.17) is 4.74 Å². The van der Waals surface area contributed by atoms with E-state index in [0.29, 0.717) is 21.8 Å². The van der Waals surface area contributed by atoms with Crippen LogP contribution in [0.5, 0.6) is 0 Å². The second-order valence-electron chi connectivity index (χ2n) is 5.62. The number of ether oxygens (including phenoxy) is 1. The fourth-order valence-corrected chi connectivity index (χ4v) is 3.06. The summed E-state index contributed by atoms with van der Waals surface area (Å²) < 4.78 is 18.8. The Bertz CT molecular complexity index is 935. The molecular formula is C18H15FN2O3S. The van der Waals surface area contributed by atoms with E-state index >= 15 is 0 Å². The maximum atomic E-state index is 12.9. The van der Waals surface area contributed by atoms with E-state index in [2.05, 4.69) is 10.3 Å². The molecular weight excluding hydrogens is 343 g/mol. The van der Waals surface area contributed by atoms with Gasteiger partial charge in [-0.1, -0.05) is 11.3 Å². The summed E-state index contributed by atoms with van der Waals surface area (Å²) in [6.07, 6.45) is -0.199. The summed E-state index contributed by atoms with van der Waals surface area (Å²) in [6.45, 7) is 3.57. The highest BCUT2D eigenvalue weighted by Gasteiger charge is 2.13. The third-order valence-corrected chi connectivity index (χ3v) is 4.23. The Hall–Kier alpha value is -2.80. The lowest BCUT2D eigenvalue weighted by Crippen LogP contribution is -2.11. The average molecular weight is 358 g/mol. The molecule has 0 spiro atoms. The first-order valence-electron chi connectivity index (χ1n) is 7.61. The van der Waals surface area contributed by atoms with Crippen LogP contribution in [0.4, 0.5) is 9.52 Å². The summed E-state index contributed by atoms with van der Waals surface area (Å²) in [6, 6.07) is 10.3. The van der Waals surface area contributed by atoms with Crippen LogP contribution in [-0.4, -0.2) is 23.0 Å². The van der Waals surface area contributed by atoms with Crippen LogP contribution < -0.4 is 5.32 Å². The molecule has 7 heteroatoms. The molecule has 0 aliphatic rings. The third-order valence-electron chi connectivity index (χ3n) is 3.29. The van der Waals surface area contributed by atoms with Crippen molar-refractivity contribution in [2.75, 3.05) is 5.32 Å². The Balaban J connectivity index is 1.80. The maximum Gasteiger partial charge on any atom is 0.338 e. The smallest absolute Gasteiger partial charge is 0.338 e. The molecule has 0 aliphatic carbocycles. The van der Waals surface area contributed by atoms with Crippen molar-refractivity contribution >= 4 is 38.6 Å². The molecule has 1 N–H and O–H groups in total. The number of hydrogen-bond acceptors (Lipinski definition) is 5. The molecule has 0 aliphatic heterocycles. The summed E-state index contributed by atoms with van der Waals surface area (Å²) in [5.41, 5.74) is 1.43. The Labute approximate surface area is 147 Å². The summed E-state index contributed by atoms with van der Waals surface area (Å²) in [5, 5.41) is 3.08. The normalized spacial score (nSPS) is 10.9. The predicted molar refractivity (Wildman–Crippen MR) is 94.5 cm³/mol. The van der Waals surface area contributed by atoms with Crippen molar-refractivity contribution in [3.05, 3.63) is 59.4 Å². The number of fused-ring (bicyclic) bond motifs is 1. The molecule has 0 atom stereocenters. The van der Waals surface area contributed by atoms with E-state index in [1.54, 1.807) is 32.0 Å². The van der Waals surface area contributed by atoms with E-state index < -0.39 is 11.8 Å². The maximum absolute atomic E-state index is 12.9. The van der Waals surface area contributed by atoms with Gasteiger partial charge < -0.3 is 4.74 Å². The van der Waals surface area contributed by atoms with Gasteiger partial charge in [-0.15, -0.1) is 0 Å². The van der Waals surface area contributed by atoms with E-state index in [-0.39, 0.29) is 12.0 Å². The first-order chi connectivity index (χ1) is 11.9. The van der Waals surface area contributed by atoms with Gasteiger partial charge in [0.25, 0.3) is 5.91 Å². The van der Waals surface area contributed by atoms with Crippen LogP contribution >= 0.6 is 11.3 Å². The van der Waals surface area contributed by atoms with Gasteiger partial charge in [-0.25, -0.2) is 14.2 Å². The lowest BCUT2D eigenvalue weighted by molar-refractivity contribution is 0.0378. The minimum absolute atomic E-state index is 0.199. The number of benzene rings is 2. The van der Waals surface area contributed by atoms with Gasteiger partial charge in [-0.3, -0.25) is 10.1 Å². The fourth-order valence-electron chi connectivity index (χ4n) is 2.16. The highest BCUT2D eigenvalue weighted by Crippen LogP contribution is 2.27. The van der Waals surface area contributed by atoms with Crippen LogP contribution in [0.25, 0.3) is 10.2 Å². The van der Waals surface area contributed by atoms with Gasteiger partial charge in [0.1, 0.15) is 5.82 Å². The lowest BCUT2D eigenvalue weighted by Gasteiger charge is -2.07. The number of hydrogen-bond donors (Lipinski definition) is 1. The van der Waals surface area contributed by atoms with Crippen LogP contribution in [0.1, 0.15) is 34.6 Å². The standard InChI is InChI=1S/C18H15FN2O3S/c1-10(2)24-17(23)12-5-8-14-15(9-12)25-18(20-14)21-16(22)11-3-6-13(19)7-4-11/h3-10H,1-2H3,(H,20,21,22). The molecule has 25 heavy (non-hydrogen) atoms. The van der Waals surface area contributed by atoms with Crippen molar-refractivity contribution in [1.29, 1.82) is 0 Å². The number of aromatic nitrogens is 1. The van der Waals surface area contributed by atoms with Crippen LogP contribution in [0.2, 0.25) is 0 Å². The summed E-state index contributed by atoms with van der Waals surface area (Å²) in [5.74, 6) is -1.18. The molecule has 0 unspecified atom stereocenters. The van der Waals surface area contributed by atoms with Gasteiger partial charge in [0.15, 0.2) is 5.13 Å². The third kappa shape index (κ3) is 4.00. The number of carbonyl (C=O) groups excluding carboxylic acids is 2. The second-order valence-corrected chi connectivity index (χ2v) is 6.65. The molecule has 1 heterocycles. The zero-order valence-electron chi connectivity index (χ0n) is 13.6. The van der Waals surface area contributed by atoms with Gasteiger partial charge in [0.2, 0.25) is 0 Å². The van der Waals surface area contributed by atoms with Crippen LogP contribution in [-0.2, 0) is 4.74 Å². The predicted octanol–water partition coefficient (Wildman–Crippen LogP) is 4.25. The zero-order chi connectivity index (χ0) is 18.0. The van der Waals surface area contributed by atoms with Gasteiger partial charge >= 0.3 is 5.97 Å². The fraction of sp³-hybridized carbons (Fsp3) is 0.167. The molecule has 0 radical (unpaired) electrons. The van der Waals surface area contributed by atoms with E-state index in [1.807, 2.05) is 0 Å². The van der Waals surface area contributed by atoms with E-state index in [1.165, 1.54) is 35.6 Å². The molecule has 0 saturated carbocycles. The number of nitrogens with zero attached hydrogens (tertiary/aromatic N) is 1. The Morgan fingerprint density at radius 3 is 2.48 bits per heavy atom. The number of rotatable bonds is 4. The second kappa shape index (κ2) is 6.98. The molecule has 5 nitrogen and oxygen atoms in total. The Kier molecular flexibility index (Phi) is 4.76. The monoisotopic (exact) mass is 358 g/mol. The van der Waals surface area contributed by atoms with Crippen LogP contribution in [0, 0.1) is 5.82 Å². The van der Waals surface area contributed by atoms with Crippen molar-refractivity contribution in [3.63, 3.8) is 0 Å². The summed E-state index contributed by atoms with van der Waals surface area (Å²) in [4.78, 5) is 28.4. The number of carbonyl (C=O) groups is 2. The van der Waals surface area contributed by atoms with Crippen molar-refractivity contribution in [2.24, 2.45) is 0 Å². The number of nitrogens with one attached hydrogen (secondary N) is 1. The highest BCUT2D eigenvalue weighted by atomic mass is 32.1. The topological polar surface area (TPSA) is 68.3 Å². The lowest BCUT2D eigenvalue weighted by atomic mass is 10.2. The average Bonchev–Trinajstić information content (AvgIpc) is 2.95. The summed E-state index contributed by atoms with van der Waals surface area (Å²) >= 11 is 1.25. The quantitative estimate of drug-likeness (QED) is 0.708.